The summed E-state index contributed by atoms with van der Waals surface area (Å²) in [7, 11) is 4.55. The Kier molecular flexibility index (Phi) is 3.27. The molecule has 0 bridgehead atoms. The van der Waals surface area contributed by atoms with Gasteiger partial charge in [0, 0.05) is 13.1 Å². The third kappa shape index (κ3) is 2.04. The number of esters is 1. The van der Waals surface area contributed by atoms with Gasteiger partial charge in [0.2, 0.25) is 5.88 Å². The summed E-state index contributed by atoms with van der Waals surface area (Å²) in [5.41, 5.74) is 1.59. The van der Waals surface area contributed by atoms with E-state index < -0.39 is 5.97 Å². The smallest absolute Gasteiger partial charge is 0.357 e. The molecule has 2 aromatic rings. The molecule has 0 saturated heterocycles. The Morgan fingerprint density at radius 3 is 2.78 bits per heavy atom. The average Bonchev–Trinajstić information content (AvgIpc) is 2.80. The highest BCUT2D eigenvalue weighted by Gasteiger charge is 2.19. The molecule has 0 atom stereocenters. The number of aromatic nitrogens is 3. The maximum Gasteiger partial charge on any atom is 0.357 e. The standard InChI is InChI=1S/C12H13N3O3/c1-15-11(12(16)18-3)8(7-13-15)9-5-4-6-10(14-9)17-2/h4-7H,1-3H3. The monoisotopic (exact) mass is 247 g/mol. The number of methoxy groups -OCH3 is 2. The van der Waals surface area contributed by atoms with Gasteiger partial charge in [-0.25, -0.2) is 9.78 Å². The highest BCUT2D eigenvalue weighted by atomic mass is 16.5. The number of hydrogen-bond acceptors (Lipinski definition) is 5. The Labute approximate surface area is 104 Å². The predicted octanol–water partition coefficient (Wildman–Crippen LogP) is 1.28. The molecule has 0 aromatic carbocycles. The quantitative estimate of drug-likeness (QED) is 0.764. The second-order valence-corrected chi connectivity index (χ2v) is 3.59. The van der Waals surface area contributed by atoms with Crippen LogP contribution in [-0.2, 0) is 11.8 Å². The molecule has 2 aromatic heterocycles. The van der Waals surface area contributed by atoms with Crippen LogP contribution in [0.15, 0.2) is 24.4 Å². The van der Waals surface area contributed by atoms with Gasteiger partial charge in [0.1, 0.15) is 0 Å². The highest BCUT2D eigenvalue weighted by molar-refractivity contribution is 5.94. The molecule has 0 saturated carbocycles. The van der Waals surface area contributed by atoms with Crippen LogP contribution in [0, 0.1) is 0 Å². The van der Waals surface area contributed by atoms with Crippen molar-refractivity contribution in [3.05, 3.63) is 30.1 Å². The molecule has 2 heterocycles. The minimum absolute atomic E-state index is 0.359. The third-order valence-electron chi connectivity index (χ3n) is 2.53. The lowest BCUT2D eigenvalue weighted by Gasteiger charge is -2.05. The summed E-state index contributed by atoms with van der Waals surface area (Å²) < 4.78 is 11.3. The molecule has 0 aliphatic carbocycles. The number of rotatable bonds is 3. The number of ether oxygens (including phenoxy) is 2. The first-order valence-electron chi connectivity index (χ1n) is 5.29. The maximum absolute atomic E-state index is 11.7. The lowest BCUT2D eigenvalue weighted by Crippen LogP contribution is -2.10. The minimum Gasteiger partial charge on any atom is -0.481 e. The molecule has 0 fully saturated rings. The molecular weight excluding hydrogens is 234 g/mol. The van der Waals surface area contributed by atoms with Gasteiger partial charge in [-0.05, 0) is 6.07 Å². The van der Waals surface area contributed by atoms with Gasteiger partial charge in [-0.1, -0.05) is 6.07 Å². The summed E-state index contributed by atoms with van der Waals surface area (Å²) in [5, 5.41) is 4.05. The van der Waals surface area contributed by atoms with Crippen LogP contribution in [0.5, 0.6) is 5.88 Å². The summed E-state index contributed by atoms with van der Waals surface area (Å²) in [6.07, 6.45) is 1.58. The van der Waals surface area contributed by atoms with Gasteiger partial charge in [0.05, 0.1) is 31.7 Å². The summed E-state index contributed by atoms with van der Waals surface area (Å²) in [5.74, 6) is 0.0294. The summed E-state index contributed by atoms with van der Waals surface area (Å²) in [6.45, 7) is 0. The minimum atomic E-state index is -0.449. The zero-order valence-electron chi connectivity index (χ0n) is 10.4. The molecule has 6 heteroatoms. The lowest BCUT2D eigenvalue weighted by atomic mass is 10.1. The van der Waals surface area contributed by atoms with Crippen molar-refractivity contribution >= 4 is 5.97 Å². The Morgan fingerprint density at radius 2 is 2.11 bits per heavy atom. The van der Waals surface area contributed by atoms with E-state index in [0.29, 0.717) is 22.8 Å². The van der Waals surface area contributed by atoms with E-state index in [2.05, 4.69) is 10.1 Å². The SMILES string of the molecule is COC(=O)c1c(-c2cccc(OC)n2)cnn1C. The summed E-state index contributed by atoms with van der Waals surface area (Å²) >= 11 is 0. The fraction of sp³-hybridized carbons (Fsp3) is 0.250. The molecule has 0 spiro atoms. The van der Waals surface area contributed by atoms with Crippen molar-refractivity contribution in [3.8, 4) is 17.1 Å². The largest absolute Gasteiger partial charge is 0.481 e. The van der Waals surface area contributed by atoms with Crippen LogP contribution in [0.3, 0.4) is 0 Å². The molecule has 0 radical (unpaired) electrons. The lowest BCUT2D eigenvalue weighted by molar-refractivity contribution is 0.0589. The zero-order chi connectivity index (χ0) is 13.1. The molecule has 2 rings (SSSR count). The molecule has 0 N–H and O–H groups in total. The van der Waals surface area contributed by atoms with Gasteiger partial charge in [-0.3, -0.25) is 4.68 Å². The number of pyridine rings is 1. The van der Waals surface area contributed by atoms with Crippen molar-refractivity contribution in [1.82, 2.24) is 14.8 Å². The number of nitrogens with zero attached hydrogens (tertiary/aromatic N) is 3. The molecule has 0 aliphatic rings. The van der Waals surface area contributed by atoms with Gasteiger partial charge < -0.3 is 9.47 Å². The van der Waals surface area contributed by atoms with E-state index in [-0.39, 0.29) is 0 Å². The average molecular weight is 247 g/mol. The van der Waals surface area contributed by atoms with Crippen molar-refractivity contribution in [2.45, 2.75) is 0 Å². The first-order chi connectivity index (χ1) is 8.67. The van der Waals surface area contributed by atoms with E-state index in [1.165, 1.54) is 18.9 Å². The van der Waals surface area contributed by atoms with Crippen LogP contribution >= 0.6 is 0 Å². The molecule has 0 amide bonds. The van der Waals surface area contributed by atoms with Crippen LogP contribution in [0.2, 0.25) is 0 Å². The van der Waals surface area contributed by atoms with Gasteiger partial charge >= 0.3 is 5.97 Å². The Morgan fingerprint density at radius 1 is 1.33 bits per heavy atom. The second kappa shape index (κ2) is 4.87. The fourth-order valence-electron chi connectivity index (χ4n) is 1.64. The Hall–Kier alpha value is -2.37. The number of aryl methyl sites for hydroxylation is 1. The molecule has 94 valence electrons. The summed E-state index contributed by atoms with van der Waals surface area (Å²) in [6, 6.07) is 5.32. The van der Waals surface area contributed by atoms with Gasteiger partial charge in [-0.15, -0.1) is 0 Å². The predicted molar refractivity (Wildman–Crippen MR) is 64.3 cm³/mol. The summed E-state index contributed by atoms with van der Waals surface area (Å²) in [4.78, 5) is 16.0. The van der Waals surface area contributed by atoms with Crippen molar-refractivity contribution in [1.29, 1.82) is 0 Å². The number of hydrogen-bond donors (Lipinski definition) is 0. The van der Waals surface area contributed by atoms with Crippen LogP contribution in [-0.4, -0.2) is 35.0 Å². The van der Waals surface area contributed by atoms with E-state index in [1.54, 1.807) is 31.4 Å². The molecular formula is C12H13N3O3. The Balaban J connectivity index is 2.53. The maximum atomic E-state index is 11.7. The van der Waals surface area contributed by atoms with Crippen molar-refractivity contribution < 1.29 is 14.3 Å². The van der Waals surface area contributed by atoms with Gasteiger partial charge in [-0.2, -0.15) is 5.10 Å². The normalized spacial score (nSPS) is 10.2. The number of carbonyl (C=O) groups excluding carboxylic acids is 1. The fourth-order valence-corrected chi connectivity index (χ4v) is 1.64. The van der Waals surface area contributed by atoms with Crippen molar-refractivity contribution in [2.24, 2.45) is 7.05 Å². The van der Waals surface area contributed by atoms with Crippen LogP contribution in [0.4, 0.5) is 0 Å². The first-order valence-corrected chi connectivity index (χ1v) is 5.29. The topological polar surface area (TPSA) is 66.2 Å². The molecule has 0 unspecified atom stereocenters. The van der Waals surface area contributed by atoms with Gasteiger partial charge in [0.25, 0.3) is 0 Å². The first kappa shape index (κ1) is 12.1. The van der Waals surface area contributed by atoms with E-state index in [9.17, 15) is 4.79 Å². The van der Waals surface area contributed by atoms with Crippen molar-refractivity contribution in [2.75, 3.05) is 14.2 Å². The zero-order valence-corrected chi connectivity index (χ0v) is 10.4. The molecule has 0 aliphatic heterocycles. The molecule has 18 heavy (non-hydrogen) atoms. The molecule has 6 nitrogen and oxygen atoms in total. The van der Waals surface area contributed by atoms with E-state index >= 15 is 0 Å². The highest BCUT2D eigenvalue weighted by Crippen LogP contribution is 2.23. The second-order valence-electron chi connectivity index (χ2n) is 3.59. The van der Waals surface area contributed by atoms with E-state index in [1.807, 2.05) is 0 Å². The van der Waals surface area contributed by atoms with E-state index in [4.69, 9.17) is 9.47 Å². The van der Waals surface area contributed by atoms with Crippen molar-refractivity contribution in [3.63, 3.8) is 0 Å². The number of carbonyl (C=O) groups is 1. The van der Waals surface area contributed by atoms with E-state index in [0.717, 1.165) is 0 Å². The Bertz CT molecular complexity index is 578. The third-order valence-corrected chi connectivity index (χ3v) is 2.53. The van der Waals surface area contributed by atoms with Crippen LogP contribution in [0.25, 0.3) is 11.3 Å². The van der Waals surface area contributed by atoms with Crippen LogP contribution in [0.1, 0.15) is 10.5 Å². The van der Waals surface area contributed by atoms with Crippen LogP contribution < -0.4 is 4.74 Å². The van der Waals surface area contributed by atoms with Gasteiger partial charge in [0.15, 0.2) is 5.69 Å².